The van der Waals surface area contributed by atoms with Crippen molar-refractivity contribution in [1.29, 1.82) is 0 Å². The Morgan fingerprint density at radius 1 is 1.41 bits per heavy atom. The third-order valence-corrected chi connectivity index (χ3v) is 5.65. The third-order valence-electron chi connectivity index (χ3n) is 5.65. The highest BCUT2D eigenvalue weighted by molar-refractivity contribution is 5.91. The van der Waals surface area contributed by atoms with Crippen molar-refractivity contribution in [3.63, 3.8) is 0 Å². The molecule has 0 aromatic heterocycles. The van der Waals surface area contributed by atoms with Gasteiger partial charge in [-0.3, -0.25) is 9.69 Å². The molecule has 22 heavy (non-hydrogen) atoms. The van der Waals surface area contributed by atoms with Gasteiger partial charge in [0.1, 0.15) is 0 Å². The van der Waals surface area contributed by atoms with Crippen LogP contribution in [0.3, 0.4) is 0 Å². The fourth-order valence-corrected chi connectivity index (χ4v) is 4.53. The van der Waals surface area contributed by atoms with Crippen molar-refractivity contribution in [2.45, 2.75) is 37.1 Å². The molecule has 3 aliphatic rings. The normalized spacial score (nSPS) is 29.9. The summed E-state index contributed by atoms with van der Waals surface area (Å²) in [5.74, 6) is 1.01. The number of hydrogen-bond donors (Lipinski definition) is 1. The zero-order chi connectivity index (χ0) is 15.5. The number of likely N-dealkylation sites (N-methyl/N-ethyl adjacent to an activating group) is 1. The molecule has 0 saturated carbocycles. The molecule has 2 aliphatic carbocycles. The number of hydrogen-bond acceptors (Lipinski definition) is 4. The van der Waals surface area contributed by atoms with Gasteiger partial charge in [0.05, 0.1) is 7.11 Å². The number of phenolic OH excluding ortho intramolecular Hbond substituents is 1. The predicted molar refractivity (Wildman–Crippen MR) is 83.4 cm³/mol. The molecule has 0 amide bonds. The number of aromatic hydroxyl groups is 1. The topological polar surface area (TPSA) is 49.8 Å². The van der Waals surface area contributed by atoms with Gasteiger partial charge in [0.15, 0.2) is 17.3 Å². The van der Waals surface area contributed by atoms with Crippen LogP contribution >= 0.6 is 0 Å². The molecule has 116 valence electrons. The van der Waals surface area contributed by atoms with Crippen molar-refractivity contribution in [1.82, 2.24) is 4.90 Å². The van der Waals surface area contributed by atoms with E-state index < -0.39 is 0 Å². The molecule has 4 rings (SSSR count). The van der Waals surface area contributed by atoms with Crippen LogP contribution in [0.1, 0.15) is 42.0 Å². The van der Waals surface area contributed by atoms with Gasteiger partial charge in [-0.15, -0.1) is 0 Å². The first-order valence-corrected chi connectivity index (χ1v) is 7.91. The molecule has 0 fully saturated rings. The number of phenols is 1. The summed E-state index contributed by atoms with van der Waals surface area (Å²) >= 11 is 0. The molecule has 4 nitrogen and oxygen atoms in total. The van der Waals surface area contributed by atoms with Crippen LogP contribution in [-0.2, 0) is 16.6 Å². The number of carbonyl (C=O) groups is 1. The monoisotopic (exact) mass is 299 g/mol. The number of allylic oxidation sites excluding steroid dienone is 2. The Balaban J connectivity index is 2.00. The van der Waals surface area contributed by atoms with E-state index in [0.717, 1.165) is 31.4 Å². The molecule has 1 aromatic carbocycles. The first-order chi connectivity index (χ1) is 10.6. The van der Waals surface area contributed by atoms with Gasteiger partial charge in [0, 0.05) is 30.0 Å². The van der Waals surface area contributed by atoms with Gasteiger partial charge in [-0.1, -0.05) is 6.08 Å². The van der Waals surface area contributed by atoms with E-state index in [2.05, 4.69) is 18.0 Å². The van der Waals surface area contributed by atoms with Gasteiger partial charge in [0.25, 0.3) is 0 Å². The lowest BCUT2D eigenvalue weighted by Gasteiger charge is -2.32. The van der Waals surface area contributed by atoms with Crippen LogP contribution in [0.15, 0.2) is 18.2 Å². The molecular weight excluding hydrogens is 278 g/mol. The minimum Gasteiger partial charge on any atom is -0.504 e. The van der Waals surface area contributed by atoms with E-state index in [1.807, 2.05) is 6.07 Å². The number of carbonyl (C=O) groups excluding carboxylic acids is 1. The van der Waals surface area contributed by atoms with Crippen LogP contribution in [0.5, 0.6) is 11.5 Å². The van der Waals surface area contributed by atoms with Crippen LogP contribution in [0, 0.1) is 0 Å². The Labute approximate surface area is 130 Å². The summed E-state index contributed by atoms with van der Waals surface area (Å²) < 4.78 is 5.56. The smallest absolute Gasteiger partial charge is 0.164 e. The molecule has 0 bridgehead atoms. The maximum atomic E-state index is 11.7. The van der Waals surface area contributed by atoms with Gasteiger partial charge in [-0.2, -0.15) is 0 Å². The first kappa shape index (κ1) is 13.8. The van der Waals surface area contributed by atoms with Gasteiger partial charge >= 0.3 is 0 Å². The van der Waals surface area contributed by atoms with Crippen molar-refractivity contribution in [2.75, 3.05) is 20.7 Å². The number of benzene rings is 1. The largest absolute Gasteiger partial charge is 0.504 e. The van der Waals surface area contributed by atoms with E-state index in [-0.39, 0.29) is 16.9 Å². The highest BCUT2D eigenvalue weighted by Crippen LogP contribution is 2.59. The highest BCUT2D eigenvalue weighted by atomic mass is 16.5. The van der Waals surface area contributed by atoms with Gasteiger partial charge in [-0.25, -0.2) is 0 Å². The molecule has 0 radical (unpaired) electrons. The van der Waals surface area contributed by atoms with Crippen molar-refractivity contribution < 1.29 is 14.6 Å². The van der Waals surface area contributed by atoms with Crippen molar-refractivity contribution in [3.8, 4) is 11.5 Å². The quantitative estimate of drug-likeness (QED) is 0.865. The SMILES string of the molecule is COc1c(O)cc2c3c1C1(C=CC(=O)CC1)CC3N(C)CC2. The maximum Gasteiger partial charge on any atom is 0.164 e. The van der Waals surface area contributed by atoms with Crippen molar-refractivity contribution >= 4 is 5.78 Å². The molecule has 1 aliphatic heterocycles. The fraction of sp³-hybridized carbons (Fsp3) is 0.500. The highest BCUT2D eigenvalue weighted by Gasteiger charge is 2.49. The lowest BCUT2D eigenvalue weighted by molar-refractivity contribution is -0.115. The zero-order valence-electron chi connectivity index (χ0n) is 13.1. The average Bonchev–Trinajstić information content (AvgIpc) is 2.83. The zero-order valence-corrected chi connectivity index (χ0v) is 13.1. The number of methoxy groups -OCH3 is 1. The second-order valence-corrected chi connectivity index (χ2v) is 6.78. The number of ether oxygens (including phenoxy) is 1. The van der Waals surface area contributed by atoms with E-state index in [4.69, 9.17) is 4.74 Å². The Bertz CT molecular complexity index is 694. The first-order valence-electron chi connectivity index (χ1n) is 7.91. The maximum absolute atomic E-state index is 11.7. The molecule has 1 heterocycles. The van der Waals surface area contributed by atoms with Crippen molar-refractivity contribution in [3.05, 3.63) is 34.9 Å². The molecule has 1 spiro atoms. The van der Waals surface area contributed by atoms with E-state index in [1.165, 1.54) is 11.1 Å². The van der Waals surface area contributed by atoms with Crippen LogP contribution in [-0.4, -0.2) is 36.5 Å². The lowest BCUT2D eigenvalue weighted by atomic mass is 9.73. The lowest BCUT2D eigenvalue weighted by Crippen LogP contribution is -2.31. The van der Waals surface area contributed by atoms with E-state index >= 15 is 0 Å². The Kier molecular flexibility index (Phi) is 2.89. The molecule has 2 unspecified atom stereocenters. The minimum absolute atomic E-state index is 0.175. The summed E-state index contributed by atoms with van der Waals surface area (Å²) in [5.41, 5.74) is 3.50. The Morgan fingerprint density at radius 3 is 2.91 bits per heavy atom. The van der Waals surface area contributed by atoms with Gasteiger partial charge in [0.2, 0.25) is 0 Å². The molecule has 0 saturated heterocycles. The number of fused-ring (bicyclic) bond motifs is 1. The molecular formula is C18H21NO3. The summed E-state index contributed by atoms with van der Waals surface area (Å²) in [6.45, 7) is 1.00. The second kappa shape index (κ2) is 4.59. The molecule has 2 atom stereocenters. The minimum atomic E-state index is -0.175. The molecule has 1 aromatic rings. The Morgan fingerprint density at radius 2 is 2.23 bits per heavy atom. The van der Waals surface area contributed by atoms with Crippen LogP contribution in [0.4, 0.5) is 0 Å². The summed E-state index contributed by atoms with van der Waals surface area (Å²) in [7, 11) is 3.77. The van der Waals surface area contributed by atoms with Crippen LogP contribution < -0.4 is 4.74 Å². The van der Waals surface area contributed by atoms with Crippen LogP contribution in [0.2, 0.25) is 0 Å². The summed E-state index contributed by atoms with van der Waals surface area (Å²) in [6, 6.07) is 2.22. The molecule has 1 N–H and O–H groups in total. The number of rotatable bonds is 1. The molecule has 4 heteroatoms. The van der Waals surface area contributed by atoms with E-state index in [1.54, 1.807) is 13.2 Å². The van der Waals surface area contributed by atoms with E-state index in [0.29, 0.717) is 18.2 Å². The predicted octanol–water partition coefficient (Wildman–Crippen LogP) is 2.49. The van der Waals surface area contributed by atoms with Gasteiger partial charge < -0.3 is 9.84 Å². The van der Waals surface area contributed by atoms with Gasteiger partial charge in [-0.05, 0) is 49.6 Å². The van der Waals surface area contributed by atoms with Crippen molar-refractivity contribution in [2.24, 2.45) is 0 Å². The average molecular weight is 299 g/mol. The third kappa shape index (κ3) is 1.70. The fourth-order valence-electron chi connectivity index (χ4n) is 4.53. The number of nitrogens with zero attached hydrogens (tertiary/aromatic N) is 1. The Hall–Kier alpha value is -1.81. The summed E-state index contributed by atoms with van der Waals surface area (Å²) in [6.07, 6.45) is 7.07. The number of ketones is 1. The van der Waals surface area contributed by atoms with Crippen LogP contribution in [0.25, 0.3) is 0 Å². The summed E-state index contributed by atoms with van der Waals surface area (Å²) in [4.78, 5) is 14.0. The standard InChI is InChI=1S/C18H21NO3/c1-19-8-5-11-9-14(21)17(22-2)16-15(11)13(19)10-18(16)6-3-12(20)4-7-18/h3,6,9,13,21H,4-5,7-8,10H2,1-2H3. The summed E-state index contributed by atoms with van der Waals surface area (Å²) in [5, 5.41) is 10.4. The van der Waals surface area contributed by atoms with E-state index in [9.17, 15) is 9.90 Å². The second-order valence-electron chi connectivity index (χ2n) is 6.78.